The third-order valence-electron chi connectivity index (χ3n) is 1.67. The molecule has 0 aromatic heterocycles. The van der Waals surface area contributed by atoms with Gasteiger partial charge in [0.05, 0.1) is 12.8 Å². The fourth-order valence-electron chi connectivity index (χ4n) is 1.05. The Morgan fingerprint density at radius 2 is 2.44 bits per heavy atom. The van der Waals surface area contributed by atoms with Crippen molar-refractivity contribution in [1.29, 1.82) is 0 Å². The van der Waals surface area contributed by atoms with Crippen molar-refractivity contribution < 1.29 is 14.6 Å². The van der Waals surface area contributed by atoms with Crippen molar-refractivity contribution in [3.8, 4) is 11.5 Å². The van der Waals surface area contributed by atoms with E-state index in [0.29, 0.717) is 17.9 Å². The number of phenols is 1. The highest BCUT2D eigenvalue weighted by Gasteiger charge is 2.01. The van der Waals surface area contributed by atoms with Gasteiger partial charge >= 0.3 is 6.03 Å². The molecule has 0 unspecified atom stereocenters. The minimum atomic E-state index is -0.736. The van der Waals surface area contributed by atoms with Crippen LogP contribution in [0.4, 0.5) is 4.79 Å². The second-order valence-corrected chi connectivity index (χ2v) is 2.89. The van der Waals surface area contributed by atoms with Crippen molar-refractivity contribution in [2.75, 3.05) is 6.61 Å². The van der Waals surface area contributed by atoms with Crippen LogP contribution in [0.15, 0.2) is 23.3 Å². The van der Waals surface area contributed by atoms with E-state index in [4.69, 9.17) is 10.5 Å². The maximum Gasteiger partial charge on any atom is 0.332 e. The molecule has 6 nitrogen and oxygen atoms in total. The van der Waals surface area contributed by atoms with Gasteiger partial charge in [-0.1, -0.05) is 0 Å². The summed E-state index contributed by atoms with van der Waals surface area (Å²) in [5.41, 5.74) is 7.57. The highest BCUT2D eigenvalue weighted by molar-refractivity contribution is 5.82. The molecule has 6 heteroatoms. The molecule has 0 saturated heterocycles. The Hall–Kier alpha value is -2.24. The van der Waals surface area contributed by atoms with Crippen molar-refractivity contribution in [3.05, 3.63) is 23.8 Å². The fraction of sp³-hybridized carbons (Fsp3) is 0.200. The molecule has 0 aliphatic carbocycles. The summed E-state index contributed by atoms with van der Waals surface area (Å²) in [4.78, 5) is 10.3. The van der Waals surface area contributed by atoms with E-state index >= 15 is 0 Å². The van der Waals surface area contributed by atoms with Crippen LogP contribution >= 0.6 is 0 Å². The summed E-state index contributed by atoms with van der Waals surface area (Å²) in [5.74, 6) is 0.424. The number of amides is 2. The predicted octanol–water partition coefficient (Wildman–Crippen LogP) is 0.793. The number of nitrogens with two attached hydrogens (primary N) is 1. The topological polar surface area (TPSA) is 96.9 Å². The Kier molecular flexibility index (Phi) is 4.14. The van der Waals surface area contributed by atoms with Crippen molar-refractivity contribution in [2.45, 2.75) is 6.92 Å². The van der Waals surface area contributed by atoms with Crippen LogP contribution < -0.4 is 15.9 Å². The molecule has 0 bridgehead atoms. The summed E-state index contributed by atoms with van der Waals surface area (Å²) in [5, 5.41) is 13.0. The first-order valence-corrected chi connectivity index (χ1v) is 4.67. The van der Waals surface area contributed by atoms with Crippen molar-refractivity contribution >= 4 is 12.2 Å². The lowest BCUT2D eigenvalue weighted by atomic mass is 10.2. The molecule has 0 saturated carbocycles. The molecule has 0 fully saturated rings. The molecule has 4 N–H and O–H groups in total. The molecule has 1 aromatic rings. The number of aromatic hydroxyl groups is 1. The molecule has 0 aliphatic rings. The molecule has 0 spiro atoms. The molecule has 1 aromatic carbocycles. The monoisotopic (exact) mass is 223 g/mol. The number of benzene rings is 1. The van der Waals surface area contributed by atoms with E-state index < -0.39 is 6.03 Å². The van der Waals surface area contributed by atoms with Crippen LogP contribution in [0, 0.1) is 0 Å². The SMILES string of the molecule is CCOc1cc(/C=N\NC(N)=O)ccc1O. The Labute approximate surface area is 92.7 Å². The van der Waals surface area contributed by atoms with E-state index in [2.05, 4.69) is 10.5 Å². The predicted molar refractivity (Wildman–Crippen MR) is 59.6 cm³/mol. The van der Waals surface area contributed by atoms with Gasteiger partial charge in [-0.05, 0) is 30.7 Å². The zero-order valence-corrected chi connectivity index (χ0v) is 8.80. The molecule has 0 aliphatic heterocycles. The van der Waals surface area contributed by atoms with E-state index in [9.17, 15) is 9.90 Å². The Morgan fingerprint density at radius 1 is 1.69 bits per heavy atom. The molecule has 86 valence electrons. The normalized spacial score (nSPS) is 10.3. The number of nitrogens with one attached hydrogen (secondary N) is 1. The molecule has 0 heterocycles. The smallest absolute Gasteiger partial charge is 0.332 e. The lowest BCUT2D eigenvalue weighted by Gasteiger charge is -2.05. The lowest BCUT2D eigenvalue weighted by molar-refractivity contribution is 0.249. The lowest BCUT2D eigenvalue weighted by Crippen LogP contribution is -2.24. The Balaban J connectivity index is 2.77. The van der Waals surface area contributed by atoms with Gasteiger partial charge in [-0.25, -0.2) is 10.2 Å². The van der Waals surface area contributed by atoms with Crippen molar-refractivity contribution in [1.82, 2.24) is 5.43 Å². The van der Waals surface area contributed by atoms with E-state index in [1.165, 1.54) is 12.3 Å². The average molecular weight is 223 g/mol. The Morgan fingerprint density at radius 3 is 3.06 bits per heavy atom. The summed E-state index contributed by atoms with van der Waals surface area (Å²) in [6, 6.07) is 3.98. The average Bonchev–Trinajstić information content (AvgIpc) is 2.22. The number of rotatable bonds is 4. The molecule has 0 radical (unpaired) electrons. The number of urea groups is 1. The number of nitrogens with zero attached hydrogens (tertiary/aromatic N) is 1. The Bertz CT molecular complexity index is 404. The summed E-state index contributed by atoms with van der Waals surface area (Å²) in [7, 11) is 0. The van der Waals surface area contributed by atoms with Crippen LogP contribution in [0.1, 0.15) is 12.5 Å². The van der Waals surface area contributed by atoms with E-state index in [-0.39, 0.29) is 5.75 Å². The first kappa shape index (κ1) is 11.8. The number of carbonyl (C=O) groups excluding carboxylic acids is 1. The van der Waals surface area contributed by atoms with Crippen LogP contribution in [0.2, 0.25) is 0 Å². The quantitative estimate of drug-likeness (QED) is 0.520. The van der Waals surface area contributed by atoms with E-state index in [1.54, 1.807) is 12.1 Å². The largest absolute Gasteiger partial charge is 0.504 e. The molecular formula is C10H13N3O3. The van der Waals surface area contributed by atoms with Crippen molar-refractivity contribution in [3.63, 3.8) is 0 Å². The number of phenolic OH excluding ortho intramolecular Hbond substituents is 1. The maximum absolute atomic E-state index is 10.3. The summed E-state index contributed by atoms with van der Waals surface area (Å²) >= 11 is 0. The molecule has 2 amide bonds. The number of hydrogen-bond acceptors (Lipinski definition) is 4. The number of carbonyl (C=O) groups is 1. The van der Waals surface area contributed by atoms with Gasteiger partial charge in [-0.2, -0.15) is 5.10 Å². The van der Waals surface area contributed by atoms with Crippen LogP contribution in [0.25, 0.3) is 0 Å². The molecular weight excluding hydrogens is 210 g/mol. The van der Waals surface area contributed by atoms with Crippen molar-refractivity contribution in [2.24, 2.45) is 10.8 Å². The van der Waals surface area contributed by atoms with Crippen LogP contribution in [0.5, 0.6) is 11.5 Å². The van der Waals surface area contributed by atoms with Crippen LogP contribution in [-0.4, -0.2) is 24.0 Å². The van der Waals surface area contributed by atoms with Crippen LogP contribution in [0.3, 0.4) is 0 Å². The van der Waals surface area contributed by atoms with Crippen LogP contribution in [-0.2, 0) is 0 Å². The number of ether oxygens (including phenoxy) is 1. The van der Waals surface area contributed by atoms with Gasteiger partial charge in [0.25, 0.3) is 0 Å². The number of hydrogen-bond donors (Lipinski definition) is 3. The summed E-state index contributed by atoms with van der Waals surface area (Å²) in [6.45, 7) is 2.27. The minimum Gasteiger partial charge on any atom is -0.504 e. The van der Waals surface area contributed by atoms with E-state index in [1.807, 2.05) is 6.92 Å². The zero-order chi connectivity index (χ0) is 12.0. The van der Waals surface area contributed by atoms with Gasteiger partial charge in [0, 0.05) is 0 Å². The third kappa shape index (κ3) is 3.49. The highest BCUT2D eigenvalue weighted by atomic mass is 16.5. The molecule has 16 heavy (non-hydrogen) atoms. The first-order chi connectivity index (χ1) is 7.63. The minimum absolute atomic E-state index is 0.0573. The first-order valence-electron chi connectivity index (χ1n) is 4.67. The second kappa shape index (κ2) is 5.59. The van der Waals surface area contributed by atoms with Gasteiger partial charge in [-0.15, -0.1) is 0 Å². The maximum atomic E-state index is 10.3. The van der Waals surface area contributed by atoms with Gasteiger partial charge in [0.1, 0.15) is 0 Å². The number of hydrazone groups is 1. The third-order valence-corrected chi connectivity index (χ3v) is 1.67. The zero-order valence-electron chi connectivity index (χ0n) is 8.80. The summed E-state index contributed by atoms with van der Waals surface area (Å²) < 4.78 is 5.18. The molecule has 0 atom stereocenters. The molecule has 1 rings (SSSR count). The van der Waals surface area contributed by atoms with Gasteiger partial charge in [-0.3, -0.25) is 0 Å². The van der Waals surface area contributed by atoms with Gasteiger partial charge in [0.15, 0.2) is 11.5 Å². The highest BCUT2D eigenvalue weighted by Crippen LogP contribution is 2.25. The summed E-state index contributed by atoms with van der Waals surface area (Å²) in [6.07, 6.45) is 1.40. The van der Waals surface area contributed by atoms with Gasteiger partial charge < -0.3 is 15.6 Å². The number of primary amides is 1. The van der Waals surface area contributed by atoms with E-state index in [0.717, 1.165) is 0 Å². The second-order valence-electron chi connectivity index (χ2n) is 2.89. The standard InChI is InChI=1S/C10H13N3O3/c1-2-16-9-5-7(3-4-8(9)14)6-12-13-10(11)15/h3-6,14H,2H2,1H3,(H3,11,13,15)/b12-6-. The van der Waals surface area contributed by atoms with Gasteiger partial charge in [0.2, 0.25) is 0 Å². The fourth-order valence-corrected chi connectivity index (χ4v) is 1.05.